The van der Waals surface area contributed by atoms with Crippen LogP contribution in [0.2, 0.25) is 0 Å². The van der Waals surface area contributed by atoms with Gasteiger partial charge in [-0.25, -0.2) is 0 Å². The summed E-state index contributed by atoms with van der Waals surface area (Å²) in [6.45, 7) is 7.51. The number of rotatable bonds is 5. The number of aromatic nitrogens is 2. The lowest BCUT2D eigenvalue weighted by molar-refractivity contribution is 0.0956. The summed E-state index contributed by atoms with van der Waals surface area (Å²) in [5.74, 6) is 0.0286. The molecule has 4 nitrogen and oxygen atoms in total. The zero-order chi connectivity index (χ0) is 13.8. The molecule has 0 atom stereocenters. The molecule has 0 aliphatic rings. The minimum absolute atomic E-state index is 0.0286. The summed E-state index contributed by atoms with van der Waals surface area (Å²) in [5.41, 5.74) is 3.25. The van der Waals surface area contributed by atoms with Crippen molar-refractivity contribution in [3.05, 3.63) is 39.3 Å². The van der Waals surface area contributed by atoms with Crippen molar-refractivity contribution in [2.45, 2.75) is 33.7 Å². The first-order valence-electron chi connectivity index (χ1n) is 6.41. The van der Waals surface area contributed by atoms with Gasteiger partial charge in [-0.3, -0.25) is 9.48 Å². The maximum Gasteiger partial charge on any atom is 0.261 e. The number of nitrogens with one attached hydrogen (secondary N) is 1. The van der Waals surface area contributed by atoms with Crippen LogP contribution in [-0.2, 0) is 6.54 Å². The first-order valence-corrected chi connectivity index (χ1v) is 7.29. The molecule has 2 heterocycles. The van der Waals surface area contributed by atoms with E-state index in [0.29, 0.717) is 6.54 Å². The molecule has 19 heavy (non-hydrogen) atoms. The average molecular weight is 277 g/mol. The molecule has 2 rings (SSSR count). The fourth-order valence-electron chi connectivity index (χ4n) is 2.02. The van der Waals surface area contributed by atoms with Gasteiger partial charge in [-0.05, 0) is 50.3 Å². The largest absolute Gasteiger partial charge is 0.351 e. The van der Waals surface area contributed by atoms with E-state index in [1.807, 2.05) is 36.9 Å². The predicted octanol–water partition coefficient (Wildman–Crippen LogP) is 2.69. The molecule has 1 N–H and O–H groups in total. The van der Waals surface area contributed by atoms with Crippen LogP contribution in [0.5, 0.6) is 0 Å². The number of hydrogen-bond donors (Lipinski definition) is 1. The zero-order valence-electron chi connectivity index (χ0n) is 11.6. The molecule has 0 aliphatic heterocycles. The molecule has 102 valence electrons. The van der Waals surface area contributed by atoms with Gasteiger partial charge in [-0.1, -0.05) is 0 Å². The van der Waals surface area contributed by atoms with Crippen molar-refractivity contribution < 1.29 is 4.79 Å². The van der Waals surface area contributed by atoms with Gasteiger partial charge in [0.05, 0.1) is 10.6 Å². The maximum absolute atomic E-state index is 11.9. The predicted molar refractivity (Wildman–Crippen MR) is 77.7 cm³/mol. The van der Waals surface area contributed by atoms with E-state index in [0.717, 1.165) is 34.8 Å². The normalized spacial score (nSPS) is 10.7. The monoisotopic (exact) mass is 277 g/mol. The van der Waals surface area contributed by atoms with Gasteiger partial charge in [-0.2, -0.15) is 5.10 Å². The van der Waals surface area contributed by atoms with Crippen LogP contribution in [0.25, 0.3) is 0 Å². The van der Waals surface area contributed by atoms with Crippen molar-refractivity contribution in [3.63, 3.8) is 0 Å². The third-order valence-electron chi connectivity index (χ3n) is 3.00. The van der Waals surface area contributed by atoms with Crippen molar-refractivity contribution in [2.75, 3.05) is 6.54 Å². The minimum atomic E-state index is 0.0286. The molecule has 0 saturated heterocycles. The van der Waals surface area contributed by atoms with Crippen molar-refractivity contribution in [1.82, 2.24) is 15.1 Å². The van der Waals surface area contributed by atoms with Gasteiger partial charge >= 0.3 is 0 Å². The van der Waals surface area contributed by atoms with Crippen LogP contribution < -0.4 is 5.32 Å². The van der Waals surface area contributed by atoms with E-state index < -0.39 is 0 Å². The van der Waals surface area contributed by atoms with E-state index in [2.05, 4.69) is 16.5 Å². The summed E-state index contributed by atoms with van der Waals surface area (Å²) in [6, 6.07) is 4.03. The Labute approximate surface area is 117 Å². The highest BCUT2D eigenvalue weighted by molar-refractivity contribution is 7.12. The van der Waals surface area contributed by atoms with Gasteiger partial charge in [0.25, 0.3) is 5.91 Å². The lowest BCUT2D eigenvalue weighted by Gasteiger charge is -2.06. The highest BCUT2D eigenvalue weighted by Crippen LogP contribution is 2.14. The number of aryl methyl sites for hydroxylation is 4. The van der Waals surface area contributed by atoms with Crippen molar-refractivity contribution in [3.8, 4) is 0 Å². The van der Waals surface area contributed by atoms with Crippen LogP contribution >= 0.6 is 11.3 Å². The molecule has 2 aromatic heterocycles. The summed E-state index contributed by atoms with van der Waals surface area (Å²) in [5, 5.41) is 9.29. The number of thiophene rings is 1. The van der Waals surface area contributed by atoms with E-state index in [-0.39, 0.29) is 5.91 Å². The molecule has 0 aliphatic carbocycles. The summed E-state index contributed by atoms with van der Waals surface area (Å²) in [7, 11) is 0. The molecule has 1 amide bonds. The van der Waals surface area contributed by atoms with Crippen LogP contribution in [-0.4, -0.2) is 22.2 Å². The van der Waals surface area contributed by atoms with E-state index in [1.54, 1.807) is 0 Å². The Morgan fingerprint density at radius 2 is 2.21 bits per heavy atom. The Hall–Kier alpha value is -1.62. The molecular formula is C14H19N3OS. The van der Waals surface area contributed by atoms with Gasteiger partial charge in [-0.15, -0.1) is 11.3 Å². The van der Waals surface area contributed by atoms with Gasteiger partial charge in [0.1, 0.15) is 0 Å². The smallest absolute Gasteiger partial charge is 0.261 e. The van der Waals surface area contributed by atoms with Crippen molar-refractivity contribution in [1.29, 1.82) is 0 Å². The van der Waals surface area contributed by atoms with Crippen molar-refractivity contribution in [2.24, 2.45) is 0 Å². The molecule has 0 fully saturated rings. The third-order valence-corrected chi connectivity index (χ3v) is 4.02. The number of hydrogen-bond acceptors (Lipinski definition) is 3. The second-order valence-electron chi connectivity index (χ2n) is 4.69. The van der Waals surface area contributed by atoms with Gasteiger partial charge in [0.15, 0.2) is 0 Å². The Morgan fingerprint density at radius 1 is 1.42 bits per heavy atom. The van der Waals surface area contributed by atoms with Crippen LogP contribution in [0.3, 0.4) is 0 Å². The van der Waals surface area contributed by atoms with E-state index in [9.17, 15) is 4.79 Å². The summed E-state index contributed by atoms with van der Waals surface area (Å²) in [4.78, 5) is 12.7. The molecule has 0 spiro atoms. The van der Waals surface area contributed by atoms with Gasteiger partial charge < -0.3 is 5.32 Å². The lowest BCUT2D eigenvalue weighted by atomic mass is 10.3. The molecule has 2 aromatic rings. The summed E-state index contributed by atoms with van der Waals surface area (Å²) >= 11 is 1.49. The topological polar surface area (TPSA) is 46.9 Å². The van der Waals surface area contributed by atoms with Crippen LogP contribution in [0.1, 0.15) is 33.0 Å². The molecule has 0 unspecified atom stereocenters. The van der Waals surface area contributed by atoms with Crippen molar-refractivity contribution >= 4 is 17.2 Å². The number of carbonyl (C=O) groups is 1. The third kappa shape index (κ3) is 3.44. The Balaban J connectivity index is 1.77. The molecule has 0 bridgehead atoms. The first kappa shape index (κ1) is 13.8. The quantitative estimate of drug-likeness (QED) is 0.854. The van der Waals surface area contributed by atoms with Gasteiger partial charge in [0, 0.05) is 18.8 Å². The summed E-state index contributed by atoms with van der Waals surface area (Å²) < 4.78 is 1.98. The van der Waals surface area contributed by atoms with E-state index in [4.69, 9.17) is 0 Å². The average Bonchev–Trinajstić information content (AvgIpc) is 2.91. The second-order valence-corrected chi connectivity index (χ2v) is 5.61. The van der Waals surface area contributed by atoms with Gasteiger partial charge in [0.2, 0.25) is 0 Å². The number of amides is 1. The first-order chi connectivity index (χ1) is 9.08. The molecule has 5 heteroatoms. The lowest BCUT2D eigenvalue weighted by Crippen LogP contribution is -2.25. The SMILES string of the molecule is Cc1cc(C)n(CCCNC(=O)c2sccc2C)n1. The highest BCUT2D eigenvalue weighted by atomic mass is 32.1. The Kier molecular flexibility index (Phi) is 4.37. The Morgan fingerprint density at radius 3 is 2.79 bits per heavy atom. The molecule has 0 saturated carbocycles. The van der Waals surface area contributed by atoms with Crippen LogP contribution in [0, 0.1) is 20.8 Å². The van der Waals surface area contributed by atoms with E-state index >= 15 is 0 Å². The summed E-state index contributed by atoms with van der Waals surface area (Å²) in [6.07, 6.45) is 0.887. The fraction of sp³-hybridized carbons (Fsp3) is 0.429. The molecule has 0 aromatic carbocycles. The maximum atomic E-state index is 11.9. The van der Waals surface area contributed by atoms with Crippen LogP contribution in [0.4, 0.5) is 0 Å². The van der Waals surface area contributed by atoms with Crippen LogP contribution in [0.15, 0.2) is 17.5 Å². The fourth-order valence-corrected chi connectivity index (χ4v) is 2.86. The molecule has 0 radical (unpaired) electrons. The number of carbonyl (C=O) groups excluding carboxylic acids is 1. The highest BCUT2D eigenvalue weighted by Gasteiger charge is 2.09. The minimum Gasteiger partial charge on any atom is -0.351 e. The second kappa shape index (κ2) is 6.02. The number of nitrogens with zero attached hydrogens (tertiary/aromatic N) is 2. The standard InChI is InChI=1S/C14H19N3OS/c1-10-5-8-19-13(10)14(18)15-6-4-7-17-12(3)9-11(2)16-17/h5,8-9H,4,6-7H2,1-3H3,(H,15,18). The zero-order valence-corrected chi connectivity index (χ0v) is 12.4. The molecular weight excluding hydrogens is 258 g/mol. The van der Waals surface area contributed by atoms with E-state index in [1.165, 1.54) is 11.3 Å². The Bertz CT molecular complexity index is 571.